The molecule has 3 heterocycles. The Kier molecular flexibility index (Phi) is 2.71. The molecule has 0 spiro atoms. The average Bonchev–Trinajstić information content (AvgIpc) is 2.84. The minimum atomic E-state index is -0.585. The molecule has 0 aromatic carbocycles. The summed E-state index contributed by atoms with van der Waals surface area (Å²) in [7, 11) is 0. The molecule has 2 aliphatic heterocycles. The topological polar surface area (TPSA) is 40.5 Å². The van der Waals surface area contributed by atoms with Gasteiger partial charge in [0.15, 0.2) is 0 Å². The van der Waals surface area contributed by atoms with Crippen molar-refractivity contribution in [2.24, 2.45) is 11.8 Å². The van der Waals surface area contributed by atoms with Crippen molar-refractivity contribution in [2.45, 2.75) is 50.2 Å². The highest BCUT2D eigenvalue weighted by Gasteiger charge is 2.54. The van der Waals surface area contributed by atoms with Crippen LogP contribution in [0.25, 0.3) is 0 Å². The smallest absolute Gasteiger partial charge is 0.308 e. The van der Waals surface area contributed by atoms with Crippen molar-refractivity contribution in [1.82, 2.24) is 4.90 Å². The molecule has 1 N–H and O–H groups in total. The number of rotatable bonds is 4. The molecule has 2 bridgehead atoms. The summed E-state index contributed by atoms with van der Waals surface area (Å²) < 4.78 is 0. The molecule has 1 aliphatic carbocycles. The Bertz CT molecular complexity index is 482. The first-order valence-corrected chi connectivity index (χ1v) is 8.17. The molecular formula is C15H19NO2S. The van der Waals surface area contributed by atoms with Gasteiger partial charge in [-0.15, -0.1) is 11.3 Å². The molecule has 3 fully saturated rings. The highest BCUT2D eigenvalue weighted by molar-refractivity contribution is 7.10. The molecule has 4 unspecified atom stereocenters. The van der Waals surface area contributed by atoms with Gasteiger partial charge in [0, 0.05) is 23.0 Å². The lowest BCUT2D eigenvalue weighted by Gasteiger charge is -2.32. The summed E-state index contributed by atoms with van der Waals surface area (Å²) in [6, 6.07) is 5.67. The number of nitrogens with zero attached hydrogens (tertiary/aromatic N) is 1. The van der Waals surface area contributed by atoms with Crippen molar-refractivity contribution < 1.29 is 9.90 Å². The zero-order valence-corrected chi connectivity index (χ0v) is 11.7. The van der Waals surface area contributed by atoms with Gasteiger partial charge in [-0.05, 0) is 49.5 Å². The predicted octanol–water partition coefficient (Wildman–Crippen LogP) is 3.14. The maximum Gasteiger partial charge on any atom is 0.308 e. The van der Waals surface area contributed by atoms with Crippen LogP contribution in [0.1, 0.15) is 43.0 Å². The predicted molar refractivity (Wildman–Crippen MR) is 74.2 cm³/mol. The van der Waals surface area contributed by atoms with E-state index in [1.807, 2.05) is 11.3 Å². The summed E-state index contributed by atoms with van der Waals surface area (Å²) in [4.78, 5) is 15.4. The van der Waals surface area contributed by atoms with Gasteiger partial charge >= 0.3 is 5.97 Å². The number of hydrogen-bond acceptors (Lipinski definition) is 3. The van der Waals surface area contributed by atoms with Crippen LogP contribution in [-0.4, -0.2) is 28.1 Å². The number of hydrogen-bond donors (Lipinski definition) is 1. The van der Waals surface area contributed by atoms with Crippen molar-refractivity contribution in [2.75, 3.05) is 0 Å². The lowest BCUT2D eigenvalue weighted by molar-refractivity contribution is -0.142. The number of carbonyl (C=O) groups is 1. The van der Waals surface area contributed by atoms with Crippen LogP contribution in [0, 0.1) is 11.8 Å². The van der Waals surface area contributed by atoms with Gasteiger partial charge in [0.25, 0.3) is 0 Å². The van der Waals surface area contributed by atoms with Crippen LogP contribution in [-0.2, 0) is 4.79 Å². The van der Waals surface area contributed by atoms with E-state index in [2.05, 4.69) is 22.4 Å². The molecule has 19 heavy (non-hydrogen) atoms. The summed E-state index contributed by atoms with van der Waals surface area (Å²) in [6.45, 7) is 0. The van der Waals surface area contributed by atoms with Crippen molar-refractivity contribution >= 4 is 17.3 Å². The Hall–Kier alpha value is -0.870. The lowest BCUT2D eigenvalue weighted by atomic mass is 9.89. The minimum Gasteiger partial charge on any atom is -0.481 e. The largest absolute Gasteiger partial charge is 0.481 e. The average molecular weight is 277 g/mol. The maximum absolute atomic E-state index is 11.4. The highest BCUT2D eigenvalue weighted by Crippen LogP contribution is 2.54. The molecule has 3 aliphatic rings. The number of carboxylic acid groups (broad SMARTS) is 1. The zero-order chi connectivity index (χ0) is 13.0. The van der Waals surface area contributed by atoms with E-state index in [0.717, 1.165) is 18.8 Å². The highest BCUT2D eigenvalue weighted by atomic mass is 32.1. The van der Waals surface area contributed by atoms with Crippen LogP contribution in [0.3, 0.4) is 0 Å². The van der Waals surface area contributed by atoms with Crippen LogP contribution in [0.15, 0.2) is 17.5 Å². The van der Waals surface area contributed by atoms with Gasteiger partial charge in [-0.1, -0.05) is 6.07 Å². The fourth-order valence-corrected chi connectivity index (χ4v) is 5.15. The van der Waals surface area contributed by atoms with E-state index in [1.54, 1.807) is 0 Å². The summed E-state index contributed by atoms with van der Waals surface area (Å²) in [6.07, 6.45) is 5.78. The van der Waals surface area contributed by atoms with Crippen molar-refractivity contribution in [1.29, 1.82) is 0 Å². The van der Waals surface area contributed by atoms with Gasteiger partial charge < -0.3 is 5.11 Å². The molecule has 4 rings (SSSR count). The molecule has 1 saturated carbocycles. The van der Waals surface area contributed by atoms with Gasteiger partial charge in [-0.2, -0.15) is 0 Å². The summed E-state index contributed by atoms with van der Waals surface area (Å²) >= 11 is 1.84. The number of carboxylic acids is 1. The SMILES string of the molecule is O=C(O)C1CC2CCC1N2C(c1cccs1)C1CC1. The Balaban J connectivity index is 1.66. The van der Waals surface area contributed by atoms with Crippen LogP contribution in [0.4, 0.5) is 0 Å². The molecule has 4 heteroatoms. The monoisotopic (exact) mass is 277 g/mol. The Labute approximate surface area is 117 Å². The van der Waals surface area contributed by atoms with E-state index in [0.29, 0.717) is 12.1 Å². The molecule has 4 atom stereocenters. The third-order valence-electron chi connectivity index (χ3n) is 5.13. The Morgan fingerprint density at radius 1 is 1.37 bits per heavy atom. The van der Waals surface area contributed by atoms with Gasteiger partial charge in [0.2, 0.25) is 0 Å². The second kappa shape index (κ2) is 4.32. The molecule has 3 nitrogen and oxygen atoms in total. The van der Waals surface area contributed by atoms with Gasteiger partial charge in [0.1, 0.15) is 0 Å². The number of thiophene rings is 1. The van der Waals surface area contributed by atoms with E-state index in [-0.39, 0.29) is 12.0 Å². The molecule has 1 aromatic rings. The van der Waals surface area contributed by atoms with Gasteiger partial charge in [-0.25, -0.2) is 0 Å². The summed E-state index contributed by atoms with van der Waals surface area (Å²) in [5.41, 5.74) is 0. The van der Waals surface area contributed by atoms with Crippen LogP contribution < -0.4 is 0 Å². The molecule has 2 saturated heterocycles. The normalized spacial score (nSPS) is 35.7. The Morgan fingerprint density at radius 2 is 2.21 bits per heavy atom. The van der Waals surface area contributed by atoms with Crippen LogP contribution in [0.5, 0.6) is 0 Å². The first-order chi connectivity index (χ1) is 9.25. The first-order valence-electron chi connectivity index (χ1n) is 7.29. The fraction of sp³-hybridized carbons (Fsp3) is 0.667. The summed E-state index contributed by atoms with van der Waals surface area (Å²) in [5, 5.41) is 11.5. The van der Waals surface area contributed by atoms with Crippen molar-refractivity contribution in [3.8, 4) is 0 Å². The van der Waals surface area contributed by atoms with Crippen molar-refractivity contribution in [3.05, 3.63) is 22.4 Å². The van der Waals surface area contributed by atoms with Gasteiger partial charge in [-0.3, -0.25) is 9.69 Å². The first kappa shape index (κ1) is 11.9. The van der Waals surface area contributed by atoms with E-state index in [9.17, 15) is 9.90 Å². The molecular weight excluding hydrogens is 258 g/mol. The molecule has 0 amide bonds. The number of fused-ring (bicyclic) bond motifs is 2. The fourth-order valence-electron chi connectivity index (χ4n) is 4.22. The second-order valence-corrected chi connectivity index (χ2v) is 7.20. The van der Waals surface area contributed by atoms with Gasteiger partial charge in [0.05, 0.1) is 5.92 Å². The Morgan fingerprint density at radius 3 is 2.79 bits per heavy atom. The third kappa shape index (κ3) is 1.84. The van der Waals surface area contributed by atoms with E-state index in [1.165, 1.54) is 24.1 Å². The van der Waals surface area contributed by atoms with E-state index < -0.39 is 5.97 Å². The van der Waals surface area contributed by atoms with Crippen molar-refractivity contribution in [3.63, 3.8) is 0 Å². The van der Waals surface area contributed by atoms with E-state index in [4.69, 9.17) is 0 Å². The minimum absolute atomic E-state index is 0.125. The maximum atomic E-state index is 11.4. The summed E-state index contributed by atoms with van der Waals surface area (Å²) in [5.74, 6) is 0.0622. The standard InChI is InChI=1S/C15H19NO2S/c17-15(18)11-8-10-5-6-12(11)16(10)14(9-3-4-9)13-2-1-7-19-13/h1-2,7,9-12,14H,3-6,8H2,(H,17,18). The van der Waals surface area contributed by atoms with Crippen LogP contribution in [0.2, 0.25) is 0 Å². The van der Waals surface area contributed by atoms with Crippen LogP contribution >= 0.6 is 11.3 Å². The second-order valence-electron chi connectivity index (χ2n) is 6.22. The zero-order valence-electron chi connectivity index (χ0n) is 10.9. The molecule has 1 aromatic heterocycles. The van der Waals surface area contributed by atoms with E-state index >= 15 is 0 Å². The number of aliphatic carboxylic acids is 1. The lowest BCUT2D eigenvalue weighted by Crippen LogP contribution is -2.36. The molecule has 0 radical (unpaired) electrons. The molecule has 102 valence electrons. The quantitative estimate of drug-likeness (QED) is 0.919. The third-order valence-corrected chi connectivity index (χ3v) is 6.08.